The zero-order valence-corrected chi connectivity index (χ0v) is 10.9. The fourth-order valence-electron chi connectivity index (χ4n) is 1.20. The van der Waals surface area contributed by atoms with E-state index in [9.17, 15) is 4.79 Å². The number of nitrogens with zero attached hydrogens (tertiary/aromatic N) is 2. The highest BCUT2D eigenvalue weighted by Crippen LogP contribution is 2.19. The van der Waals surface area contributed by atoms with Crippen LogP contribution in [0.25, 0.3) is 0 Å². The molecule has 2 N–H and O–H groups in total. The van der Waals surface area contributed by atoms with Crippen LogP contribution in [0.2, 0.25) is 0 Å². The minimum Gasteiger partial charge on any atom is -0.351 e. The van der Waals surface area contributed by atoms with Gasteiger partial charge in [0.05, 0.1) is 10.7 Å². The van der Waals surface area contributed by atoms with Gasteiger partial charge in [-0.15, -0.1) is 0 Å². The van der Waals surface area contributed by atoms with Crippen molar-refractivity contribution in [1.29, 1.82) is 0 Å². The Bertz CT molecular complexity index is 392. The minimum absolute atomic E-state index is 0.438. The average molecular weight is 251 g/mol. The molecule has 0 spiro atoms. The van der Waals surface area contributed by atoms with Crippen LogP contribution in [-0.4, -0.2) is 21.9 Å². The maximum Gasteiger partial charge on any atom is 0.325 e. The van der Waals surface area contributed by atoms with Crippen molar-refractivity contribution in [3.8, 4) is 0 Å². The minimum atomic E-state index is -0.438. The van der Waals surface area contributed by atoms with Crippen molar-refractivity contribution in [3.63, 3.8) is 0 Å². The van der Waals surface area contributed by atoms with Crippen LogP contribution in [-0.2, 0) is 0 Å². The van der Waals surface area contributed by atoms with E-state index >= 15 is 0 Å². The molecule has 0 aliphatic heterocycles. The van der Waals surface area contributed by atoms with Crippen LogP contribution in [0.15, 0.2) is 35.3 Å². The van der Waals surface area contributed by atoms with Gasteiger partial charge in [-0.2, -0.15) is 0 Å². The molecule has 0 radical (unpaired) electrons. The van der Waals surface area contributed by atoms with E-state index in [1.54, 1.807) is 0 Å². The van der Waals surface area contributed by atoms with Crippen molar-refractivity contribution in [2.75, 3.05) is 6.54 Å². The SMILES string of the molecule is CC/C(=N\c1ccccc1)SN(CC)C(N)=O. The number of amides is 2. The lowest BCUT2D eigenvalue weighted by atomic mass is 10.3. The van der Waals surface area contributed by atoms with Crippen molar-refractivity contribution >= 4 is 28.7 Å². The maximum absolute atomic E-state index is 11.1. The first kappa shape index (κ1) is 13.6. The summed E-state index contributed by atoms with van der Waals surface area (Å²) in [6.07, 6.45) is 0.767. The Morgan fingerprint density at radius 2 is 2.00 bits per heavy atom. The zero-order valence-electron chi connectivity index (χ0n) is 10.1. The van der Waals surface area contributed by atoms with Gasteiger partial charge in [0.15, 0.2) is 0 Å². The van der Waals surface area contributed by atoms with Gasteiger partial charge >= 0.3 is 6.03 Å². The van der Waals surface area contributed by atoms with E-state index in [1.165, 1.54) is 16.3 Å². The predicted molar refractivity (Wildman–Crippen MR) is 73.4 cm³/mol. The molecule has 0 saturated heterocycles. The van der Waals surface area contributed by atoms with Crippen molar-refractivity contribution in [2.45, 2.75) is 20.3 Å². The quantitative estimate of drug-likeness (QED) is 0.509. The van der Waals surface area contributed by atoms with Crippen LogP contribution in [0, 0.1) is 0 Å². The van der Waals surface area contributed by atoms with Gasteiger partial charge in [0, 0.05) is 18.5 Å². The van der Waals surface area contributed by atoms with Gasteiger partial charge in [-0.3, -0.25) is 4.31 Å². The highest BCUT2D eigenvalue weighted by Gasteiger charge is 2.11. The van der Waals surface area contributed by atoms with Crippen LogP contribution in [0.5, 0.6) is 0 Å². The van der Waals surface area contributed by atoms with Crippen molar-refractivity contribution in [2.24, 2.45) is 10.7 Å². The van der Waals surface area contributed by atoms with E-state index in [0.717, 1.165) is 17.2 Å². The van der Waals surface area contributed by atoms with Crippen molar-refractivity contribution in [1.82, 2.24) is 4.31 Å². The number of carbonyl (C=O) groups is 1. The fourth-order valence-corrected chi connectivity index (χ4v) is 1.95. The number of para-hydroxylation sites is 1. The third-order valence-corrected chi connectivity index (χ3v) is 3.31. The Morgan fingerprint density at radius 1 is 1.35 bits per heavy atom. The van der Waals surface area contributed by atoms with Crippen LogP contribution in [0.1, 0.15) is 20.3 Å². The highest BCUT2D eigenvalue weighted by molar-refractivity contribution is 8.12. The number of carbonyl (C=O) groups excluding carboxylic acids is 1. The summed E-state index contributed by atoms with van der Waals surface area (Å²) in [5, 5.41) is 0.872. The Kier molecular flexibility index (Phi) is 5.56. The highest BCUT2D eigenvalue weighted by atomic mass is 32.2. The largest absolute Gasteiger partial charge is 0.351 e. The zero-order chi connectivity index (χ0) is 12.7. The lowest BCUT2D eigenvalue weighted by Gasteiger charge is -2.16. The lowest BCUT2D eigenvalue weighted by Crippen LogP contribution is -2.30. The van der Waals surface area contributed by atoms with Crippen LogP contribution >= 0.6 is 11.9 Å². The molecule has 4 nitrogen and oxygen atoms in total. The van der Waals surface area contributed by atoms with Crippen LogP contribution < -0.4 is 5.73 Å². The summed E-state index contributed by atoms with van der Waals surface area (Å²) >= 11 is 1.30. The van der Waals surface area contributed by atoms with E-state index in [0.29, 0.717) is 6.54 Å². The number of hydrogen-bond acceptors (Lipinski definition) is 3. The lowest BCUT2D eigenvalue weighted by molar-refractivity contribution is 0.236. The number of rotatable bonds is 3. The monoisotopic (exact) mass is 251 g/mol. The third kappa shape index (κ3) is 4.48. The first-order valence-corrected chi connectivity index (χ1v) is 6.32. The van der Waals surface area contributed by atoms with Gasteiger partial charge in [-0.05, 0) is 25.5 Å². The summed E-state index contributed by atoms with van der Waals surface area (Å²) in [4.78, 5) is 15.6. The number of benzene rings is 1. The Labute approximate surface area is 106 Å². The maximum atomic E-state index is 11.1. The molecule has 2 amide bonds. The van der Waals surface area contributed by atoms with E-state index in [-0.39, 0.29) is 0 Å². The topological polar surface area (TPSA) is 58.7 Å². The van der Waals surface area contributed by atoms with Crippen LogP contribution in [0.3, 0.4) is 0 Å². The summed E-state index contributed by atoms with van der Waals surface area (Å²) in [5.41, 5.74) is 6.14. The summed E-state index contributed by atoms with van der Waals surface area (Å²) in [6.45, 7) is 4.45. The summed E-state index contributed by atoms with van der Waals surface area (Å²) in [6, 6.07) is 9.23. The van der Waals surface area contributed by atoms with Gasteiger partial charge in [-0.25, -0.2) is 9.79 Å². The predicted octanol–water partition coefficient (Wildman–Crippen LogP) is 3.18. The molecule has 17 heavy (non-hydrogen) atoms. The Morgan fingerprint density at radius 3 is 2.47 bits per heavy atom. The van der Waals surface area contributed by atoms with Gasteiger partial charge in [0.1, 0.15) is 0 Å². The van der Waals surface area contributed by atoms with E-state index in [4.69, 9.17) is 5.73 Å². The molecule has 1 aromatic rings. The molecular formula is C12H17N3OS. The molecule has 0 aromatic heterocycles. The molecule has 0 fully saturated rings. The first-order chi connectivity index (χ1) is 8.17. The number of hydrogen-bond donors (Lipinski definition) is 1. The molecule has 92 valence electrons. The molecular weight excluding hydrogens is 234 g/mol. The summed E-state index contributed by atoms with van der Waals surface area (Å²) < 4.78 is 1.49. The Balaban J connectivity index is 2.78. The second kappa shape index (κ2) is 6.96. The molecule has 0 bridgehead atoms. The molecule has 1 rings (SSSR count). The van der Waals surface area contributed by atoms with Crippen LogP contribution in [0.4, 0.5) is 10.5 Å². The van der Waals surface area contributed by atoms with Crippen molar-refractivity contribution in [3.05, 3.63) is 30.3 Å². The smallest absolute Gasteiger partial charge is 0.325 e. The normalized spacial score (nSPS) is 11.3. The number of aliphatic imine (C=N–C) groups is 1. The van der Waals surface area contributed by atoms with E-state index in [1.807, 2.05) is 44.2 Å². The molecule has 1 aromatic carbocycles. The molecule has 0 atom stereocenters. The number of primary amides is 1. The van der Waals surface area contributed by atoms with Gasteiger partial charge < -0.3 is 5.73 Å². The molecule has 0 aliphatic carbocycles. The second-order valence-corrected chi connectivity index (χ2v) is 4.41. The number of nitrogens with two attached hydrogens (primary N) is 1. The fraction of sp³-hybridized carbons (Fsp3) is 0.333. The number of urea groups is 1. The van der Waals surface area contributed by atoms with Crippen molar-refractivity contribution < 1.29 is 4.79 Å². The third-order valence-electron chi connectivity index (χ3n) is 2.06. The summed E-state index contributed by atoms with van der Waals surface area (Å²) in [5.74, 6) is 0. The van der Waals surface area contributed by atoms with E-state index in [2.05, 4.69) is 4.99 Å². The molecule has 0 unspecified atom stereocenters. The molecule has 0 aliphatic rings. The average Bonchev–Trinajstić information content (AvgIpc) is 2.35. The standard InChI is InChI=1S/C12H17N3OS/c1-3-11(17-15(4-2)12(13)16)14-10-8-6-5-7-9-10/h5-9H,3-4H2,1-2H3,(H2,13,16)/b14-11+. The molecule has 0 saturated carbocycles. The molecule has 0 heterocycles. The summed E-state index contributed by atoms with van der Waals surface area (Å²) in [7, 11) is 0. The molecule has 5 heteroatoms. The first-order valence-electron chi connectivity index (χ1n) is 5.54. The van der Waals surface area contributed by atoms with E-state index < -0.39 is 6.03 Å². The second-order valence-electron chi connectivity index (χ2n) is 3.32. The van der Waals surface area contributed by atoms with Gasteiger partial charge in [0.2, 0.25) is 0 Å². The van der Waals surface area contributed by atoms with Gasteiger partial charge in [-0.1, -0.05) is 25.1 Å². The Hall–Kier alpha value is -1.49. The van der Waals surface area contributed by atoms with Gasteiger partial charge in [0.25, 0.3) is 0 Å².